The minimum atomic E-state index is -3.25. The Hall–Kier alpha value is -1.80. The quantitative estimate of drug-likeness (QED) is 0.638. The smallest absolute Gasteiger partial charge is 0.253 e. The van der Waals surface area contributed by atoms with Crippen molar-refractivity contribution in [2.24, 2.45) is 0 Å². The van der Waals surface area contributed by atoms with Crippen molar-refractivity contribution in [3.8, 4) is 0 Å². The van der Waals surface area contributed by atoms with Crippen LogP contribution in [0.5, 0.6) is 0 Å². The zero-order chi connectivity index (χ0) is 15.3. The first-order valence-corrected chi connectivity index (χ1v) is 7.68. The van der Waals surface area contributed by atoms with E-state index in [9.17, 15) is 13.2 Å². The monoisotopic (exact) mass is 300 g/mol. The van der Waals surface area contributed by atoms with E-state index in [1.807, 2.05) is 0 Å². The van der Waals surface area contributed by atoms with Crippen LogP contribution in [-0.4, -0.2) is 52.7 Å². The summed E-state index contributed by atoms with van der Waals surface area (Å²) >= 11 is 0. The molecule has 0 saturated carbocycles. The summed E-state index contributed by atoms with van der Waals surface area (Å²) in [4.78, 5) is 13.2. The topological polar surface area (TPSA) is 105 Å². The second-order valence-electron chi connectivity index (χ2n) is 4.45. The predicted molar refractivity (Wildman–Crippen MR) is 80.2 cm³/mol. The molecule has 0 aliphatic rings. The molecule has 1 aromatic rings. The summed E-state index contributed by atoms with van der Waals surface area (Å²) in [6.07, 6.45) is 0. The fraction of sp³-hybridized carbons (Fsp3) is 0.417. The van der Waals surface area contributed by atoms with Crippen LogP contribution in [0.1, 0.15) is 10.4 Å². The number of nitrogens with zero attached hydrogens (tertiary/aromatic N) is 1. The number of carbonyl (C=O) groups is 1. The van der Waals surface area contributed by atoms with Gasteiger partial charge in [0, 0.05) is 26.2 Å². The van der Waals surface area contributed by atoms with E-state index in [4.69, 9.17) is 5.73 Å². The Morgan fingerprint density at radius 3 is 2.50 bits per heavy atom. The third-order valence-electron chi connectivity index (χ3n) is 2.70. The zero-order valence-corrected chi connectivity index (χ0v) is 12.6. The fourth-order valence-electron chi connectivity index (χ4n) is 1.54. The highest BCUT2D eigenvalue weighted by atomic mass is 32.2. The number of amides is 1. The molecule has 8 heteroatoms. The number of rotatable bonds is 6. The third-order valence-corrected chi connectivity index (χ3v) is 4.07. The van der Waals surface area contributed by atoms with Crippen LogP contribution in [0.3, 0.4) is 0 Å². The van der Waals surface area contributed by atoms with Crippen LogP contribution in [0.4, 0.5) is 11.4 Å². The maximum absolute atomic E-state index is 11.8. The van der Waals surface area contributed by atoms with Crippen LogP contribution < -0.4 is 15.8 Å². The summed E-state index contributed by atoms with van der Waals surface area (Å²) < 4.78 is 24.8. The van der Waals surface area contributed by atoms with Crippen LogP contribution in [0.25, 0.3) is 0 Å². The second kappa shape index (κ2) is 6.58. The van der Waals surface area contributed by atoms with Crippen molar-refractivity contribution < 1.29 is 13.2 Å². The number of hydrogen-bond acceptors (Lipinski definition) is 5. The molecule has 112 valence electrons. The van der Waals surface area contributed by atoms with Crippen molar-refractivity contribution in [1.82, 2.24) is 9.62 Å². The fourth-order valence-corrected chi connectivity index (χ4v) is 2.11. The first-order valence-electron chi connectivity index (χ1n) is 6.03. The first kappa shape index (κ1) is 16.3. The number of nitrogens with one attached hydrogen (secondary N) is 2. The molecule has 0 fully saturated rings. The number of hydrogen-bond donors (Lipinski definition) is 3. The average molecular weight is 300 g/mol. The molecule has 0 aliphatic carbocycles. The van der Waals surface area contributed by atoms with Gasteiger partial charge in [-0.3, -0.25) is 4.79 Å². The Morgan fingerprint density at radius 1 is 1.35 bits per heavy atom. The van der Waals surface area contributed by atoms with E-state index in [1.165, 1.54) is 11.9 Å². The molecule has 4 N–H and O–H groups in total. The molecule has 0 unspecified atom stereocenters. The summed E-state index contributed by atoms with van der Waals surface area (Å²) in [5.41, 5.74) is 7.34. The normalized spacial score (nSPS) is 11.2. The van der Waals surface area contributed by atoms with Gasteiger partial charge in [-0.2, -0.15) is 0 Å². The van der Waals surface area contributed by atoms with Crippen molar-refractivity contribution in [2.45, 2.75) is 0 Å². The molecule has 0 atom stereocenters. The van der Waals surface area contributed by atoms with E-state index in [-0.39, 0.29) is 18.2 Å². The molecule has 1 aromatic carbocycles. The molecule has 0 heterocycles. The van der Waals surface area contributed by atoms with Gasteiger partial charge in [0.2, 0.25) is 10.0 Å². The van der Waals surface area contributed by atoms with Crippen LogP contribution in [0.2, 0.25) is 0 Å². The number of sulfonamides is 1. The number of carbonyl (C=O) groups excluding carboxylic acids is 1. The summed E-state index contributed by atoms with van der Waals surface area (Å²) in [7, 11) is 1.44. The molecule has 7 nitrogen and oxygen atoms in total. The van der Waals surface area contributed by atoms with Gasteiger partial charge < -0.3 is 16.0 Å². The van der Waals surface area contributed by atoms with E-state index in [2.05, 4.69) is 10.0 Å². The van der Waals surface area contributed by atoms with Crippen molar-refractivity contribution in [3.05, 3.63) is 23.8 Å². The van der Waals surface area contributed by atoms with Crippen molar-refractivity contribution in [3.63, 3.8) is 0 Å². The minimum Gasteiger partial charge on any atom is -0.397 e. The summed E-state index contributed by atoms with van der Waals surface area (Å²) in [5, 5.41) is 2.93. The lowest BCUT2D eigenvalue weighted by Crippen LogP contribution is -2.26. The van der Waals surface area contributed by atoms with E-state index < -0.39 is 10.0 Å². The van der Waals surface area contributed by atoms with Crippen molar-refractivity contribution in [2.75, 3.05) is 44.5 Å². The lowest BCUT2D eigenvalue weighted by molar-refractivity contribution is 0.0827. The highest BCUT2D eigenvalue weighted by Gasteiger charge is 2.11. The van der Waals surface area contributed by atoms with Gasteiger partial charge in [0.1, 0.15) is 0 Å². The number of nitrogens with two attached hydrogens (primary N) is 1. The Kier molecular flexibility index (Phi) is 5.34. The number of anilines is 2. The maximum Gasteiger partial charge on any atom is 0.253 e. The Morgan fingerprint density at radius 2 is 2.00 bits per heavy atom. The molecular weight excluding hydrogens is 280 g/mol. The van der Waals surface area contributed by atoms with Gasteiger partial charge in [0.15, 0.2) is 0 Å². The van der Waals surface area contributed by atoms with Gasteiger partial charge in [-0.1, -0.05) is 0 Å². The van der Waals surface area contributed by atoms with Gasteiger partial charge >= 0.3 is 0 Å². The van der Waals surface area contributed by atoms with E-state index in [1.54, 1.807) is 32.3 Å². The Bertz CT molecular complexity index is 584. The maximum atomic E-state index is 11.8. The van der Waals surface area contributed by atoms with Crippen LogP contribution in [0, 0.1) is 0 Å². The zero-order valence-electron chi connectivity index (χ0n) is 11.8. The SMILES string of the molecule is CNS(=O)(=O)CCNc1ccc(C(=O)N(C)C)cc1N. The predicted octanol–water partition coefficient (Wildman–Crippen LogP) is -0.0683. The first-order chi connectivity index (χ1) is 9.26. The molecule has 0 bridgehead atoms. The standard InChI is InChI=1S/C12H20N4O3S/c1-14-20(18,19)7-6-15-11-5-4-9(8-10(11)13)12(17)16(2)3/h4-5,8,14-15H,6-7,13H2,1-3H3. The average Bonchev–Trinajstić information content (AvgIpc) is 2.39. The van der Waals surface area contributed by atoms with Crippen LogP contribution >= 0.6 is 0 Å². The lowest BCUT2D eigenvalue weighted by atomic mass is 10.1. The highest BCUT2D eigenvalue weighted by Crippen LogP contribution is 2.20. The van der Waals surface area contributed by atoms with E-state index in [0.717, 1.165) is 0 Å². The number of benzene rings is 1. The van der Waals surface area contributed by atoms with Gasteiger partial charge in [-0.15, -0.1) is 0 Å². The van der Waals surface area contributed by atoms with Crippen molar-refractivity contribution in [1.29, 1.82) is 0 Å². The van der Waals surface area contributed by atoms with Gasteiger partial charge in [-0.25, -0.2) is 13.1 Å². The molecule has 1 rings (SSSR count). The van der Waals surface area contributed by atoms with Crippen LogP contribution in [0.15, 0.2) is 18.2 Å². The molecule has 0 aromatic heterocycles. The van der Waals surface area contributed by atoms with E-state index >= 15 is 0 Å². The Labute approximate surface area is 119 Å². The van der Waals surface area contributed by atoms with Crippen molar-refractivity contribution >= 4 is 27.3 Å². The lowest BCUT2D eigenvalue weighted by Gasteiger charge is -2.13. The van der Waals surface area contributed by atoms with Gasteiger partial charge in [0.25, 0.3) is 5.91 Å². The molecule has 0 spiro atoms. The molecule has 0 aliphatic heterocycles. The second-order valence-corrected chi connectivity index (χ2v) is 6.50. The Balaban J connectivity index is 2.72. The number of nitrogen functional groups attached to an aromatic ring is 1. The van der Waals surface area contributed by atoms with Gasteiger partial charge in [0.05, 0.1) is 17.1 Å². The summed E-state index contributed by atoms with van der Waals surface area (Å²) in [6, 6.07) is 4.88. The highest BCUT2D eigenvalue weighted by molar-refractivity contribution is 7.89. The van der Waals surface area contributed by atoms with E-state index in [0.29, 0.717) is 16.9 Å². The molecule has 0 saturated heterocycles. The molecule has 20 heavy (non-hydrogen) atoms. The summed E-state index contributed by atoms with van der Waals surface area (Å²) in [6.45, 7) is 0.231. The third kappa shape index (κ3) is 4.39. The molecule has 1 amide bonds. The summed E-state index contributed by atoms with van der Waals surface area (Å²) in [5.74, 6) is -0.192. The molecular formula is C12H20N4O3S. The van der Waals surface area contributed by atoms with Crippen LogP contribution in [-0.2, 0) is 10.0 Å². The minimum absolute atomic E-state index is 0.0542. The largest absolute Gasteiger partial charge is 0.397 e. The van der Waals surface area contributed by atoms with Gasteiger partial charge in [-0.05, 0) is 25.2 Å². The molecule has 0 radical (unpaired) electrons.